The van der Waals surface area contributed by atoms with Crippen LogP contribution < -0.4 is 16.0 Å². The SMILES string of the molecule is Cc1ccc(C)c(NC(=O)C(Sc2cccc(NC(=O)/C(=C\c3cccc4ccccc34)NC(=O)c3ccccc3)c2)c2ccccc2)c1. The third-order valence-corrected chi connectivity index (χ3v) is 9.24. The highest BCUT2D eigenvalue weighted by atomic mass is 32.2. The molecule has 49 heavy (non-hydrogen) atoms. The number of carbonyl (C=O) groups excluding carboxylic acids is 3. The van der Waals surface area contributed by atoms with Gasteiger partial charge in [-0.05, 0) is 89.3 Å². The lowest BCUT2D eigenvalue weighted by Crippen LogP contribution is -2.30. The molecule has 3 amide bonds. The monoisotopic (exact) mass is 661 g/mol. The van der Waals surface area contributed by atoms with Gasteiger partial charge in [-0.2, -0.15) is 0 Å². The zero-order valence-electron chi connectivity index (χ0n) is 27.1. The van der Waals surface area contributed by atoms with E-state index in [-0.39, 0.29) is 11.6 Å². The highest BCUT2D eigenvalue weighted by Crippen LogP contribution is 2.37. The van der Waals surface area contributed by atoms with Crippen LogP contribution >= 0.6 is 11.8 Å². The lowest BCUT2D eigenvalue weighted by molar-refractivity contribution is -0.116. The molecule has 7 heteroatoms. The molecule has 6 rings (SSSR count). The summed E-state index contributed by atoms with van der Waals surface area (Å²) in [7, 11) is 0. The third-order valence-electron chi connectivity index (χ3n) is 7.99. The summed E-state index contributed by atoms with van der Waals surface area (Å²) in [5.41, 5.74) is 5.51. The van der Waals surface area contributed by atoms with Crippen LogP contribution in [0.2, 0.25) is 0 Å². The van der Waals surface area contributed by atoms with Gasteiger partial charge in [-0.3, -0.25) is 14.4 Å². The molecule has 6 nitrogen and oxygen atoms in total. The maximum Gasteiger partial charge on any atom is 0.272 e. The number of benzene rings is 6. The van der Waals surface area contributed by atoms with Crippen LogP contribution in [0.3, 0.4) is 0 Å². The molecule has 0 saturated carbocycles. The van der Waals surface area contributed by atoms with Crippen LogP contribution in [-0.4, -0.2) is 17.7 Å². The van der Waals surface area contributed by atoms with Gasteiger partial charge >= 0.3 is 0 Å². The standard InChI is InChI=1S/C42H35N3O3S/c1-28-23-24-29(2)37(25-28)44-42(48)39(31-14-5-3-6-15-31)49-35-21-12-20-34(27-35)43-41(47)38(45-40(46)32-16-7-4-8-17-32)26-33-19-11-18-30-13-9-10-22-36(30)33/h3-27,39H,1-2H3,(H,43,47)(H,44,48)(H,45,46)/b38-26+. The molecule has 0 heterocycles. The van der Waals surface area contributed by atoms with Gasteiger partial charge < -0.3 is 16.0 Å². The van der Waals surface area contributed by atoms with Gasteiger partial charge in [0.1, 0.15) is 10.9 Å². The van der Waals surface area contributed by atoms with E-state index in [2.05, 4.69) is 16.0 Å². The maximum absolute atomic E-state index is 13.9. The van der Waals surface area contributed by atoms with Crippen LogP contribution in [0.1, 0.15) is 37.9 Å². The fourth-order valence-electron chi connectivity index (χ4n) is 5.43. The third kappa shape index (κ3) is 8.33. The van der Waals surface area contributed by atoms with Crippen LogP contribution in [0.4, 0.5) is 11.4 Å². The molecule has 0 spiro atoms. The van der Waals surface area contributed by atoms with Crippen LogP contribution in [0.25, 0.3) is 16.8 Å². The molecule has 242 valence electrons. The molecule has 0 saturated heterocycles. The molecule has 0 fully saturated rings. The fraction of sp³-hybridized carbons (Fsp3) is 0.0714. The van der Waals surface area contributed by atoms with E-state index in [4.69, 9.17) is 0 Å². The van der Waals surface area contributed by atoms with Gasteiger partial charge in [0.2, 0.25) is 5.91 Å². The molecule has 0 bridgehead atoms. The van der Waals surface area contributed by atoms with Gasteiger partial charge in [0.05, 0.1) is 0 Å². The molecule has 0 radical (unpaired) electrons. The first-order chi connectivity index (χ1) is 23.8. The number of hydrogen-bond donors (Lipinski definition) is 3. The van der Waals surface area contributed by atoms with Gasteiger partial charge in [0, 0.05) is 21.8 Å². The fourth-order valence-corrected chi connectivity index (χ4v) is 6.51. The lowest BCUT2D eigenvalue weighted by atomic mass is 10.0. The summed E-state index contributed by atoms with van der Waals surface area (Å²) in [5.74, 6) is -1.03. The van der Waals surface area contributed by atoms with Crippen molar-refractivity contribution in [3.05, 3.63) is 179 Å². The summed E-state index contributed by atoms with van der Waals surface area (Å²) >= 11 is 1.39. The van der Waals surface area contributed by atoms with E-state index in [0.29, 0.717) is 11.3 Å². The Hall–Kier alpha value is -5.92. The lowest BCUT2D eigenvalue weighted by Gasteiger charge is -2.19. The van der Waals surface area contributed by atoms with Gasteiger partial charge in [0.15, 0.2) is 0 Å². The molecule has 3 N–H and O–H groups in total. The quantitative estimate of drug-likeness (QED) is 0.101. The molecule has 1 atom stereocenters. The number of aryl methyl sites for hydroxylation is 2. The van der Waals surface area contributed by atoms with Crippen LogP contribution in [0.5, 0.6) is 0 Å². The number of fused-ring (bicyclic) bond motifs is 1. The molecule has 0 aliphatic carbocycles. The van der Waals surface area contributed by atoms with Crippen molar-refractivity contribution in [3.63, 3.8) is 0 Å². The van der Waals surface area contributed by atoms with E-state index in [1.807, 2.05) is 129 Å². The van der Waals surface area contributed by atoms with Crippen molar-refractivity contribution in [2.45, 2.75) is 24.0 Å². The molecule has 6 aromatic rings. The second-order valence-electron chi connectivity index (χ2n) is 11.6. The van der Waals surface area contributed by atoms with Crippen molar-refractivity contribution in [2.75, 3.05) is 10.6 Å². The first kappa shape index (κ1) is 33.0. The number of carbonyl (C=O) groups is 3. The van der Waals surface area contributed by atoms with E-state index >= 15 is 0 Å². The molecule has 0 aliphatic rings. The predicted molar refractivity (Wildman–Crippen MR) is 200 cm³/mol. The summed E-state index contributed by atoms with van der Waals surface area (Å²) in [4.78, 5) is 41.7. The molecule has 0 aliphatic heterocycles. The van der Waals surface area contributed by atoms with E-state index in [1.54, 1.807) is 36.4 Å². The zero-order valence-corrected chi connectivity index (χ0v) is 28.0. The van der Waals surface area contributed by atoms with Crippen molar-refractivity contribution >= 4 is 57.7 Å². The Bertz CT molecular complexity index is 2160. The molecular weight excluding hydrogens is 627 g/mol. The molecular formula is C42H35N3O3S. The van der Waals surface area contributed by atoms with Gasteiger partial charge in [-0.1, -0.05) is 109 Å². The number of rotatable bonds is 10. The summed E-state index contributed by atoms with van der Waals surface area (Å²) in [5, 5.41) is 10.3. The number of amides is 3. The van der Waals surface area contributed by atoms with Crippen molar-refractivity contribution in [1.82, 2.24) is 5.32 Å². The average molecular weight is 662 g/mol. The zero-order chi connectivity index (χ0) is 34.2. The Labute approximate surface area is 290 Å². The van der Waals surface area contributed by atoms with E-state index < -0.39 is 17.1 Å². The number of nitrogens with one attached hydrogen (secondary N) is 3. The van der Waals surface area contributed by atoms with E-state index in [1.165, 1.54) is 11.8 Å². The maximum atomic E-state index is 13.9. The molecule has 0 aromatic heterocycles. The Balaban J connectivity index is 1.27. The minimum Gasteiger partial charge on any atom is -0.325 e. The second-order valence-corrected chi connectivity index (χ2v) is 12.8. The van der Waals surface area contributed by atoms with Crippen molar-refractivity contribution in [3.8, 4) is 0 Å². The predicted octanol–water partition coefficient (Wildman–Crippen LogP) is 9.34. The van der Waals surface area contributed by atoms with Crippen molar-refractivity contribution in [2.24, 2.45) is 0 Å². The summed E-state index contributed by atoms with van der Waals surface area (Å²) < 4.78 is 0. The summed E-state index contributed by atoms with van der Waals surface area (Å²) in [6.45, 7) is 3.96. The first-order valence-corrected chi connectivity index (χ1v) is 16.8. The Kier molecular flexibility index (Phi) is 10.3. The highest BCUT2D eigenvalue weighted by molar-refractivity contribution is 8.00. The first-order valence-electron chi connectivity index (χ1n) is 15.9. The van der Waals surface area contributed by atoms with Gasteiger partial charge in [-0.25, -0.2) is 0 Å². The van der Waals surface area contributed by atoms with E-state index in [9.17, 15) is 14.4 Å². The van der Waals surface area contributed by atoms with Crippen LogP contribution in [0.15, 0.2) is 156 Å². The van der Waals surface area contributed by atoms with Crippen molar-refractivity contribution in [1.29, 1.82) is 0 Å². The number of anilines is 2. The highest BCUT2D eigenvalue weighted by Gasteiger charge is 2.23. The minimum atomic E-state index is -0.556. The molecule has 1 unspecified atom stereocenters. The largest absolute Gasteiger partial charge is 0.325 e. The summed E-state index contributed by atoms with van der Waals surface area (Å²) in [6.07, 6.45) is 1.69. The minimum absolute atomic E-state index is 0.0957. The van der Waals surface area contributed by atoms with Gasteiger partial charge in [-0.15, -0.1) is 11.8 Å². The second kappa shape index (κ2) is 15.3. The Morgan fingerprint density at radius 2 is 1.37 bits per heavy atom. The normalized spacial score (nSPS) is 11.8. The van der Waals surface area contributed by atoms with E-state index in [0.717, 1.165) is 43.6 Å². The number of thioether (sulfide) groups is 1. The Morgan fingerprint density at radius 3 is 2.16 bits per heavy atom. The topological polar surface area (TPSA) is 87.3 Å². The van der Waals surface area contributed by atoms with Crippen LogP contribution in [-0.2, 0) is 9.59 Å². The van der Waals surface area contributed by atoms with Crippen LogP contribution in [0, 0.1) is 13.8 Å². The Morgan fingerprint density at radius 1 is 0.673 bits per heavy atom. The number of hydrogen-bond acceptors (Lipinski definition) is 4. The smallest absolute Gasteiger partial charge is 0.272 e. The van der Waals surface area contributed by atoms with Gasteiger partial charge in [0.25, 0.3) is 11.8 Å². The average Bonchev–Trinajstić information content (AvgIpc) is 3.12. The summed E-state index contributed by atoms with van der Waals surface area (Å²) in [6, 6.07) is 45.5. The van der Waals surface area contributed by atoms with Crippen molar-refractivity contribution < 1.29 is 14.4 Å². The molecule has 6 aromatic carbocycles.